The number of aliphatic hydroxyl groups is 1. The van der Waals surface area contributed by atoms with Crippen molar-refractivity contribution in [3.8, 4) is 0 Å². The van der Waals surface area contributed by atoms with Gasteiger partial charge in [-0.1, -0.05) is 35.5 Å². The molecule has 0 aromatic carbocycles. The number of nitrogens with zero attached hydrogens (tertiary/aromatic N) is 1. The fourth-order valence-electron chi connectivity index (χ4n) is 1.32. The molecule has 0 atom stereocenters. The highest BCUT2D eigenvalue weighted by atomic mass is 35.9. The zero-order valence-corrected chi connectivity index (χ0v) is 11.4. The lowest BCUT2D eigenvalue weighted by molar-refractivity contribution is -0.585. The molecule has 0 amide bonds. The molecular weight excluding hydrogens is 268 g/mol. The lowest BCUT2D eigenvalue weighted by Crippen LogP contribution is -2.36. The van der Waals surface area contributed by atoms with E-state index < -0.39 is 6.63 Å². The molecule has 0 aliphatic heterocycles. The van der Waals surface area contributed by atoms with Gasteiger partial charge in [-0.3, -0.25) is 0 Å². The number of aliphatic hydroxyl groups excluding tert-OH is 1. The van der Waals surface area contributed by atoms with E-state index in [2.05, 4.69) is 0 Å². The highest BCUT2D eigenvalue weighted by Gasteiger charge is 2.28. The van der Waals surface area contributed by atoms with Crippen LogP contribution in [0.4, 0.5) is 0 Å². The van der Waals surface area contributed by atoms with Crippen molar-refractivity contribution in [1.82, 2.24) is 0 Å². The molecular formula is C10H13Cl2NO2P+. The molecule has 1 rings (SSSR count). The van der Waals surface area contributed by atoms with Crippen molar-refractivity contribution < 1.29 is 14.4 Å². The third kappa shape index (κ3) is 3.00. The molecule has 0 saturated heterocycles. The largest absolute Gasteiger partial charge is 0.476 e. The molecule has 1 aromatic heterocycles. The molecule has 0 fully saturated rings. The predicted molar refractivity (Wildman–Crippen MR) is 67.5 cm³/mol. The van der Waals surface area contributed by atoms with Gasteiger partial charge in [0.2, 0.25) is 0 Å². The number of pyridine rings is 1. The van der Waals surface area contributed by atoms with Crippen LogP contribution in [0, 0.1) is 0 Å². The summed E-state index contributed by atoms with van der Waals surface area (Å²) in [6.45, 7) is 0.517. The van der Waals surface area contributed by atoms with E-state index in [1.807, 2.05) is 25.1 Å². The smallest absolute Gasteiger partial charge is 0.355 e. The second-order valence-corrected chi connectivity index (χ2v) is 6.42. The minimum absolute atomic E-state index is 0.248. The number of aryl methyl sites for hydroxylation is 1. The van der Waals surface area contributed by atoms with Crippen LogP contribution in [-0.4, -0.2) is 12.2 Å². The minimum atomic E-state index is -1.50. The Morgan fingerprint density at radius 1 is 1.50 bits per heavy atom. The van der Waals surface area contributed by atoms with Gasteiger partial charge in [0.1, 0.15) is 0 Å². The third-order valence-corrected chi connectivity index (χ3v) is 3.77. The number of hydrogen-bond donors (Lipinski definition) is 1. The number of ether oxygens (including phenoxy) is 1. The summed E-state index contributed by atoms with van der Waals surface area (Å²) in [5, 5.41) is 9.65. The molecule has 0 aliphatic rings. The summed E-state index contributed by atoms with van der Waals surface area (Å²) in [5.41, 5.74) is 1.38. The van der Waals surface area contributed by atoms with Crippen LogP contribution in [0.3, 0.4) is 0 Å². The first-order valence-corrected chi connectivity index (χ1v) is 7.85. The van der Waals surface area contributed by atoms with Crippen LogP contribution < -0.4 is 4.57 Å². The van der Waals surface area contributed by atoms with Gasteiger partial charge in [-0.2, -0.15) is 4.57 Å². The molecule has 6 heteroatoms. The Kier molecular flexibility index (Phi) is 5.33. The second-order valence-electron chi connectivity index (χ2n) is 2.98. The van der Waals surface area contributed by atoms with Crippen LogP contribution in [0.1, 0.15) is 12.6 Å². The Labute approximate surface area is 106 Å². The van der Waals surface area contributed by atoms with E-state index in [-0.39, 0.29) is 5.95 Å². The van der Waals surface area contributed by atoms with E-state index in [4.69, 9.17) is 27.2 Å². The van der Waals surface area contributed by atoms with Crippen molar-refractivity contribution in [3.63, 3.8) is 0 Å². The van der Waals surface area contributed by atoms with E-state index in [0.29, 0.717) is 5.44 Å². The lowest BCUT2D eigenvalue weighted by atomic mass is 10.3. The van der Waals surface area contributed by atoms with Gasteiger partial charge < -0.3 is 9.84 Å². The van der Waals surface area contributed by atoms with Gasteiger partial charge in [0.15, 0.2) is 18.5 Å². The maximum Gasteiger partial charge on any atom is 0.355 e. The molecule has 1 heterocycles. The van der Waals surface area contributed by atoms with Crippen LogP contribution in [0.25, 0.3) is 5.44 Å². The Balaban J connectivity index is 3.32. The molecule has 88 valence electrons. The van der Waals surface area contributed by atoms with Crippen LogP contribution in [0.15, 0.2) is 30.3 Å². The number of halogens is 2. The first-order chi connectivity index (χ1) is 7.61. The van der Waals surface area contributed by atoms with E-state index in [1.54, 1.807) is 10.8 Å². The van der Waals surface area contributed by atoms with Crippen molar-refractivity contribution in [2.75, 3.05) is 7.11 Å². The van der Waals surface area contributed by atoms with Gasteiger partial charge in [0.25, 0.3) is 0 Å². The predicted octanol–water partition coefficient (Wildman–Crippen LogP) is 3.61. The lowest BCUT2D eigenvalue weighted by Gasteiger charge is -2.06. The van der Waals surface area contributed by atoms with Gasteiger partial charge in [-0.05, 0) is 0 Å². The topological polar surface area (TPSA) is 33.3 Å². The maximum absolute atomic E-state index is 9.65. The molecule has 0 radical (unpaired) electrons. The average Bonchev–Trinajstić information content (AvgIpc) is 2.29. The fraction of sp³-hybridized carbons (Fsp3) is 0.300. The van der Waals surface area contributed by atoms with Crippen LogP contribution >= 0.6 is 29.1 Å². The number of methoxy groups -OCH3 is 1. The van der Waals surface area contributed by atoms with Gasteiger partial charge >= 0.3 is 11.4 Å². The summed E-state index contributed by atoms with van der Waals surface area (Å²) in [7, 11) is 1.37. The SMILES string of the molecule is CCc1cccc[n+]1/C(=C(\O)OC)P(Cl)Cl. The van der Waals surface area contributed by atoms with Crippen LogP contribution in [-0.2, 0) is 11.2 Å². The van der Waals surface area contributed by atoms with Crippen molar-refractivity contribution in [2.45, 2.75) is 13.3 Å². The monoisotopic (exact) mass is 280 g/mol. The Morgan fingerprint density at radius 3 is 2.69 bits per heavy atom. The standard InChI is InChI=1S/C10H12Cl2NO2P/c1-3-8-6-4-5-7-13(8)9(16(11)12)10(14)15-2/h4-7H,3H2,1-2H3/p+1/b10-9-. The molecule has 0 saturated carbocycles. The molecule has 16 heavy (non-hydrogen) atoms. The van der Waals surface area contributed by atoms with Gasteiger partial charge in [-0.15, -0.1) is 0 Å². The van der Waals surface area contributed by atoms with Crippen molar-refractivity contribution >= 4 is 34.5 Å². The molecule has 1 N–H and O–H groups in total. The van der Waals surface area contributed by atoms with Crippen molar-refractivity contribution in [2.24, 2.45) is 0 Å². The number of aromatic nitrogens is 1. The van der Waals surface area contributed by atoms with Crippen molar-refractivity contribution in [3.05, 3.63) is 36.0 Å². The quantitative estimate of drug-likeness (QED) is 0.519. The number of rotatable bonds is 4. The highest BCUT2D eigenvalue weighted by molar-refractivity contribution is 8.10. The summed E-state index contributed by atoms with van der Waals surface area (Å²) in [6, 6.07) is 5.70. The summed E-state index contributed by atoms with van der Waals surface area (Å²) >= 11 is 11.8. The third-order valence-electron chi connectivity index (χ3n) is 2.08. The van der Waals surface area contributed by atoms with Gasteiger partial charge in [0, 0.05) is 18.6 Å². The van der Waals surface area contributed by atoms with Gasteiger partial charge in [0.05, 0.1) is 7.11 Å². The van der Waals surface area contributed by atoms with Crippen molar-refractivity contribution in [1.29, 1.82) is 0 Å². The summed E-state index contributed by atoms with van der Waals surface area (Å²) in [6.07, 6.45) is 2.60. The second kappa shape index (κ2) is 6.29. The first kappa shape index (κ1) is 13.6. The summed E-state index contributed by atoms with van der Waals surface area (Å²) < 4.78 is 6.54. The Bertz CT molecular complexity index is 396. The Hall–Kier alpha value is -0.500. The highest BCUT2D eigenvalue weighted by Crippen LogP contribution is 2.55. The van der Waals surface area contributed by atoms with E-state index in [0.717, 1.165) is 12.1 Å². The summed E-state index contributed by atoms with van der Waals surface area (Å²) in [5.74, 6) is -0.248. The molecule has 3 nitrogen and oxygen atoms in total. The average molecular weight is 281 g/mol. The fourth-order valence-corrected chi connectivity index (χ4v) is 2.84. The first-order valence-electron chi connectivity index (χ1n) is 4.70. The summed E-state index contributed by atoms with van der Waals surface area (Å²) in [4.78, 5) is 0. The molecule has 0 bridgehead atoms. The Morgan fingerprint density at radius 2 is 2.19 bits per heavy atom. The normalized spacial score (nSPS) is 12.6. The molecule has 1 aromatic rings. The van der Waals surface area contributed by atoms with Crippen LogP contribution in [0.5, 0.6) is 0 Å². The van der Waals surface area contributed by atoms with E-state index in [1.165, 1.54) is 7.11 Å². The zero-order valence-electron chi connectivity index (χ0n) is 9.02. The molecule has 0 aliphatic carbocycles. The number of hydrogen-bond acceptors (Lipinski definition) is 2. The minimum Gasteiger partial charge on any atom is -0.476 e. The van der Waals surface area contributed by atoms with E-state index in [9.17, 15) is 5.11 Å². The maximum atomic E-state index is 9.65. The molecule has 0 unspecified atom stereocenters. The van der Waals surface area contributed by atoms with Gasteiger partial charge in [-0.25, -0.2) is 0 Å². The molecule has 0 spiro atoms. The van der Waals surface area contributed by atoms with E-state index >= 15 is 0 Å². The zero-order chi connectivity index (χ0) is 12.1. The van der Waals surface area contributed by atoms with Crippen LogP contribution in [0.2, 0.25) is 0 Å².